The second kappa shape index (κ2) is 5.25. The average Bonchev–Trinajstić information content (AvgIpc) is 2.52. The molecule has 2 N–H and O–H groups in total. The summed E-state index contributed by atoms with van der Waals surface area (Å²) in [5, 5.41) is 3.70. The van der Waals surface area contributed by atoms with Crippen molar-refractivity contribution in [3.63, 3.8) is 0 Å². The number of rotatable bonds is 3. The van der Waals surface area contributed by atoms with E-state index in [4.69, 9.17) is 0 Å². The number of aromatic amines is 1. The van der Waals surface area contributed by atoms with Crippen molar-refractivity contribution in [1.29, 1.82) is 0 Å². The van der Waals surface area contributed by atoms with E-state index in [0.717, 1.165) is 17.5 Å². The summed E-state index contributed by atoms with van der Waals surface area (Å²) in [5.74, 6) is 0. The van der Waals surface area contributed by atoms with Gasteiger partial charge in [-0.05, 0) is 31.2 Å². The number of H-pyrrole nitrogens is 1. The normalized spacial score (nSPS) is 10.5. The van der Waals surface area contributed by atoms with Crippen LogP contribution in [0.1, 0.15) is 16.1 Å². The quantitative estimate of drug-likeness (QED) is 0.722. The zero-order valence-corrected chi connectivity index (χ0v) is 11.5. The predicted octanol–water partition coefficient (Wildman–Crippen LogP) is 3.39. The predicted molar refractivity (Wildman–Crippen MR) is 84.4 cm³/mol. The molecule has 21 heavy (non-hydrogen) atoms. The molecule has 3 aromatic rings. The highest BCUT2D eigenvalue weighted by molar-refractivity contribution is 5.88. The number of aryl methyl sites for hydroxylation is 1. The molecule has 0 unspecified atom stereocenters. The third kappa shape index (κ3) is 2.31. The van der Waals surface area contributed by atoms with E-state index in [1.54, 1.807) is 24.3 Å². The van der Waals surface area contributed by atoms with E-state index in [-0.39, 0.29) is 5.43 Å². The fourth-order valence-corrected chi connectivity index (χ4v) is 2.36. The summed E-state index contributed by atoms with van der Waals surface area (Å²) in [6.45, 7) is 1.83. The Morgan fingerprint density at radius 1 is 1.05 bits per heavy atom. The first-order chi connectivity index (χ1) is 10.2. The third-order valence-electron chi connectivity index (χ3n) is 3.44. The molecule has 104 valence electrons. The number of hydrogen-bond donors (Lipinski definition) is 2. The Morgan fingerprint density at radius 3 is 2.57 bits per heavy atom. The van der Waals surface area contributed by atoms with Gasteiger partial charge < -0.3 is 10.3 Å². The Kier molecular flexibility index (Phi) is 3.28. The van der Waals surface area contributed by atoms with Crippen LogP contribution in [0.15, 0.2) is 53.3 Å². The van der Waals surface area contributed by atoms with Gasteiger partial charge in [-0.1, -0.05) is 24.3 Å². The van der Waals surface area contributed by atoms with Crippen molar-refractivity contribution in [1.82, 2.24) is 4.98 Å². The monoisotopic (exact) mass is 278 g/mol. The Hall–Kier alpha value is -2.88. The van der Waals surface area contributed by atoms with Gasteiger partial charge in [0.2, 0.25) is 5.43 Å². The number of carbonyl (C=O) groups is 1. The number of carbonyl (C=O) groups excluding carboxylic acids is 1. The van der Waals surface area contributed by atoms with Crippen LogP contribution < -0.4 is 10.7 Å². The van der Waals surface area contributed by atoms with Crippen molar-refractivity contribution in [3.8, 4) is 0 Å². The molecule has 4 nitrogen and oxygen atoms in total. The number of para-hydroxylation sites is 2. The summed E-state index contributed by atoms with van der Waals surface area (Å²) in [6.07, 6.45) is 0.771. The lowest BCUT2D eigenvalue weighted by molar-refractivity contribution is 0.112. The maximum absolute atomic E-state index is 12.6. The summed E-state index contributed by atoms with van der Waals surface area (Å²) in [6, 6.07) is 14.4. The number of benzene rings is 2. The maximum atomic E-state index is 12.6. The van der Waals surface area contributed by atoms with E-state index in [0.29, 0.717) is 22.3 Å². The molecule has 3 rings (SSSR count). The van der Waals surface area contributed by atoms with E-state index < -0.39 is 0 Å². The van der Waals surface area contributed by atoms with Gasteiger partial charge in [0.15, 0.2) is 6.29 Å². The molecule has 0 saturated heterocycles. The molecule has 0 aliphatic heterocycles. The van der Waals surface area contributed by atoms with Crippen molar-refractivity contribution < 1.29 is 4.79 Å². The van der Waals surface area contributed by atoms with Crippen molar-refractivity contribution in [2.45, 2.75) is 6.92 Å². The SMILES string of the molecule is Cc1[nH]c2ccccc2c(=O)c1Nc1ccccc1C=O. The minimum absolute atomic E-state index is 0.0810. The van der Waals surface area contributed by atoms with Gasteiger partial charge in [0.25, 0.3) is 0 Å². The Morgan fingerprint density at radius 2 is 1.76 bits per heavy atom. The zero-order chi connectivity index (χ0) is 14.8. The van der Waals surface area contributed by atoms with Crippen molar-refractivity contribution in [2.75, 3.05) is 5.32 Å². The van der Waals surface area contributed by atoms with Gasteiger partial charge in [-0.15, -0.1) is 0 Å². The van der Waals surface area contributed by atoms with E-state index in [2.05, 4.69) is 10.3 Å². The van der Waals surface area contributed by atoms with Crippen LogP contribution in [0.2, 0.25) is 0 Å². The molecular formula is C17H14N2O2. The van der Waals surface area contributed by atoms with E-state index in [1.807, 2.05) is 31.2 Å². The summed E-state index contributed by atoms with van der Waals surface area (Å²) in [4.78, 5) is 26.9. The first kappa shape index (κ1) is 13.1. The van der Waals surface area contributed by atoms with Crippen LogP contribution in [-0.2, 0) is 0 Å². The van der Waals surface area contributed by atoms with Crippen LogP contribution in [0.5, 0.6) is 0 Å². The minimum Gasteiger partial charge on any atom is -0.357 e. The highest BCUT2D eigenvalue weighted by Crippen LogP contribution is 2.21. The van der Waals surface area contributed by atoms with Crippen LogP contribution in [0.3, 0.4) is 0 Å². The molecule has 0 amide bonds. The number of aromatic nitrogens is 1. The molecule has 0 fully saturated rings. The Bertz CT molecular complexity index is 881. The minimum atomic E-state index is -0.0810. The van der Waals surface area contributed by atoms with Gasteiger partial charge in [0, 0.05) is 27.8 Å². The van der Waals surface area contributed by atoms with Gasteiger partial charge in [0.05, 0.1) is 0 Å². The van der Waals surface area contributed by atoms with Crippen LogP contribution in [0.25, 0.3) is 10.9 Å². The molecule has 1 heterocycles. The van der Waals surface area contributed by atoms with Gasteiger partial charge in [-0.25, -0.2) is 0 Å². The number of hydrogen-bond acceptors (Lipinski definition) is 3. The number of anilines is 2. The number of fused-ring (bicyclic) bond motifs is 1. The summed E-state index contributed by atoms with van der Waals surface area (Å²) >= 11 is 0. The lowest BCUT2D eigenvalue weighted by Crippen LogP contribution is -2.12. The molecule has 1 aromatic heterocycles. The lowest BCUT2D eigenvalue weighted by atomic mass is 10.1. The van der Waals surface area contributed by atoms with Gasteiger partial charge in [-0.3, -0.25) is 9.59 Å². The lowest BCUT2D eigenvalue weighted by Gasteiger charge is -2.12. The molecule has 0 bridgehead atoms. The fraction of sp³-hybridized carbons (Fsp3) is 0.0588. The van der Waals surface area contributed by atoms with E-state index in [1.165, 1.54) is 0 Å². The maximum Gasteiger partial charge on any atom is 0.213 e. The summed E-state index contributed by atoms with van der Waals surface area (Å²) < 4.78 is 0. The van der Waals surface area contributed by atoms with Crippen molar-refractivity contribution in [3.05, 3.63) is 70.0 Å². The molecule has 0 aliphatic carbocycles. The second-order valence-electron chi connectivity index (χ2n) is 4.83. The van der Waals surface area contributed by atoms with Gasteiger partial charge in [-0.2, -0.15) is 0 Å². The molecule has 0 radical (unpaired) electrons. The van der Waals surface area contributed by atoms with Crippen molar-refractivity contribution in [2.24, 2.45) is 0 Å². The standard InChI is InChI=1S/C17H14N2O2/c1-11-16(19-14-8-4-2-6-12(14)10-20)17(21)13-7-3-5-9-15(13)18-11/h2-10,19H,1H3,(H,18,21). The Balaban J connectivity index is 2.17. The first-order valence-corrected chi connectivity index (χ1v) is 6.63. The first-order valence-electron chi connectivity index (χ1n) is 6.63. The smallest absolute Gasteiger partial charge is 0.213 e. The van der Waals surface area contributed by atoms with Gasteiger partial charge >= 0.3 is 0 Å². The molecule has 0 aliphatic rings. The van der Waals surface area contributed by atoms with Crippen LogP contribution in [0.4, 0.5) is 11.4 Å². The van der Waals surface area contributed by atoms with Crippen LogP contribution >= 0.6 is 0 Å². The molecule has 0 atom stereocenters. The molecule has 4 heteroatoms. The van der Waals surface area contributed by atoms with Crippen LogP contribution in [0, 0.1) is 6.92 Å². The highest BCUT2D eigenvalue weighted by Gasteiger charge is 2.10. The fourth-order valence-electron chi connectivity index (χ4n) is 2.36. The van der Waals surface area contributed by atoms with Gasteiger partial charge in [0.1, 0.15) is 5.69 Å². The molecular weight excluding hydrogens is 264 g/mol. The van der Waals surface area contributed by atoms with Crippen LogP contribution in [-0.4, -0.2) is 11.3 Å². The van der Waals surface area contributed by atoms with Crippen molar-refractivity contribution >= 4 is 28.6 Å². The number of aldehydes is 1. The average molecular weight is 278 g/mol. The summed E-state index contributed by atoms with van der Waals surface area (Å²) in [5.41, 5.74) is 3.06. The zero-order valence-electron chi connectivity index (χ0n) is 11.5. The van der Waals surface area contributed by atoms with E-state index in [9.17, 15) is 9.59 Å². The number of pyridine rings is 1. The summed E-state index contributed by atoms with van der Waals surface area (Å²) in [7, 11) is 0. The topological polar surface area (TPSA) is 62.0 Å². The second-order valence-corrected chi connectivity index (χ2v) is 4.83. The largest absolute Gasteiger partial charge is 0.357 e. The number of nitrogens with one attached hydrogen (secondary N) is 2. The Labute approximate surface area is 121 Å². The van der Waals surface area contributed by atoms with E-state index >= 15 is 0 Å². The highest BCUT2D eigenvalue weighted by atomic mass is 16.1. The molecule has 2 aromatic carbocycles. The molecule has 0 saturated carbocycles. The third-order valence-corrected chi connectivity index (χ3v) is 3.44. The molecule has 0 spiro atoms.